The van der Waals surface area contributed by atoms with Gasteiger partial charge in [0.15, 0.2) is 5.82 Å². The molecule has 174 valence electrons. The van der Waals surface area contributed by atoms with E-state index >= 15 is 0 Å². The molecule has 1 amide bonds. The zero-order valence-corrected chi connectivity index (χ0v) is 19.9. The Hall–Kier alpha value is -3.04. The molecule has 0 aliphatic carbocycles. The molecule has 33 heavy (non-hydrogen) atoms. The van der Waals surface area contributed by atoms with Crippen LogP contribution in [0.25, 0.3) is 10.2 Å². The number of rotatable bonds is 6. The second-order valence-electron chi connectivity index (χ2n) is 8.16. The molecule has 2 heterocycles. The quantitative estimate of drug-likeness (QED) is 0.372. The van der Waals surface area contributed by atoms with Crippen molar-refractivity contribution in [3.05, 3.63) is 46.2 Å². The van der Waals surface area contributed by atoms with E-state index in [2.05, 4.69) is 32.4 Å². The summed E-state index contributed by atoms with van der Waals surface area (Å²) in [5.41, 5.74) is 9.53. The lowest BCUT2D eigenvalue weighted by atomic mass is 10.00. The molecule has 3 aromatic rings. The van der Waals surface area contributed by atoms with Gasteiger partial charge in [-0.05, 0) is 50.6 Å². The predicted molar refractivity (Wildman–Crippen MR) is 136 cm³/mol. The third-order valence-corrected chi connectivity index (χ3v) is 6.83. The summed E-state index contributed by atoms with van der Waals surface area (Å²) >= 11 is 1.38. The molecule has 4 rings (SSSR count). The van der Waals surface area contributed by atoms with Crippen molar-refractivity contribution in [1.82, 2.24) is 10.3 Å². The highest BCUT2D eigenvalue weighted by molar-refractivity contribution is 7.18. The van der Waals surface area contributed by atoms with E-state index in [0.717, 1.165) is 48.7 Å². The molecule has 0 saturated carbocycles. The van der Waals surface area contributed by atoms with Crippen molar-refractivity contribution in [3.8, 4) is 0 Å². The van der Waals surface area contributed by atoms with Crippen LogP contribution >= 0.6 is 11.3 Å². The van der Waals surface area contributed by atoms with Gasteiger partial charge in [0.1, 0.15) is 5.52 Å². The Bertz CT molecular complexity index is 1200. The van der Waals surface area contributed by atoms with Crippen molar-refractivity contribution >= 4 is 50.7 Å². The summed E-state index contributed by atoms with van der Waals surface area (Å²) in [5.74, 6) is -0.856. The molecule has 4 N–H and O–H groups in total. The first-order valence-electron chi connectivity index (χ1n) is 11.1. The van der Waals surface area contributed by atoms with E-state index in [1.54, 1.807) is 25.4 Å². The third kappa shape index (κ3) is 4.84. The van der Waals surface area contributed by atoms with Crippen LogP contribution in [0, 0.1) is 12.7 Å². The molecule has 1 aromatic heterocycles. The Balaban J connectivity index is 1.59. The van der Waals surface area contributed by atoms with E-state index in [1.807, 2.05) is 13.0 Å². The summed E-state index contributed by atoms with van der Waals surface area (Å²) in [6, 6.07) is 7.19. The van der Waals surface area contributed by atoms with E-state index in [9.17, 15) is 9.18 Å². The number of nitrogens with zero attached hydrogens (tertiary/aromatic N) is 3. The van der Waals surface area contributed by atoms with Crippen LogP contribution in [0.1, 0.15) is 40.7 Å². The van der Waals surface area contributed by atoms with Gasteiger partial charge in [-0.15, -0.1) is 11.3 Å². The molecule has 7 nitrogen and oxygen atoms in total. The molecule has 0 bridgehead atoms. The number of aromatic nitrogens is 1. The van der Waals surface area contributed by atoms with Gasteiger partial charge in [-0.2, -0.15) is 0 Å². The van der Waals surface area contributed by atoms with Crippen LogP contribution in [-0.2, 0) is 0 Å². The second kappa shape index (κ2) is 9.84. The number of aryl methyl sites for hydroxylation is 1. The van der Waals surface area contributed by atoms with Crippen molar-refractivity contribution < 1.29 is 9.18 Å². The number of carbonyl (C=O) groups is 1. The number of piperidine rings is 1. The molecule has 0 radical (unpaired) electrons. The van der Waals surface area contributed by atoms with Crippen LogP contribution < -0.4 is 21.3 Å². The number of nitrogen functional groups attached to an aromatic ring is 1. The number of thiazole rings is 1. The number of benzene rings is 2. The largest absolute Gasteiger partial charge is 0.397 e. The molecule has 1 aliphatic heterocycles. The van der Waals surface area contributed by atoms with E-state index in [-0.39, 0.29) is 0 Å². The lowest BCUT2D eigenvalue weighted by molar-refractivity contribution is 0.102. The molecule has 9 heteroatoms. The number of amides is 1. The second-order valence-corrected chi connectivity index (χ2v) is 9.39. The highest BCUT2D eigenvalue weighted by Crippen LogP contribution is 2.32. The van der Waals surface area contributed by atoms with E-state index < -0.39 is 11.7 Å². The maximum Gasteiger partial charge on any atom is 0.257 e. The fourth-order valence-electron chi connectivity index (χ4n) is 4.35. The molecule has 2 aromatic carbocycles. The number of aliphatic imine (C=N–C) groups is 1. The Kier molecular flexibility index (Phi) is 6.90. The van der Waals surface area contributed by atoms with Gasteiger partial charge < -0.3 is 21.3 Å². The lowest BCUT2D eigenvalue weighted by Crippen LogP contribution is -2.42. The van der Waals surface area contributed by atoms with Gasteiger partial charge in [-0.25, -0.2) is 9.37 Å². The maximum atomic E-state index is 14.4. The minimum Gasteiger partial charge on any atom is -0.397 e. The zero-order valence-electron chi connectivity index (χ0n) is 19.1. The van der Waals surface area contributed by atoms with Gasteiger partial charge in [-0.3, -0.25) is 9.79 Å². The summed E-state index contributed by atoms with van der Waals surface area (Å²) in [6.07, 6.45) is 3.79. The molecule has 1 saturated heterocycles. The molecular weight excluding hydrogens is 439 g/mol. The Labute approximate surface area is 196 Å². The Morgan fingerprint density at radius 2 is 2.12 bits per heavy atom. The topological polar surface area (TPSA) is 95.6 Å². The molecule has 1 aliphatic rings. The monoisotopic (exact) mass is 468 g/mol. The SMILES string of the molecule is CCNC1CCN(c2ccc(C(=O)Nc3cc(F)c4nc(C)sc4c3)c(N)c2C=NC)CC1. The number of hydrogen-bond acceptors (Lipinski definition) is 7. The van der Waals surface area contributed by atoms with E-state index in [4.69, 9.17) is 5.73 Å². The predicted octanol–water partition coefficient (Wildman–Crippen LogP) is 4.21. The first-order valence-corrected chi connectivity index (χ1v) is 11.9. The summed E-state index contributed by atoms with van der Waals surface area (Å²) in [7, 11) is 1.68. The van der Waals surface area contributed by atoms with Gasteiger partial charge in [0.05, 0.1) is 21.0 Å². The first kappa shape index (κ1) is 23.1. The normalized spacial score (nSPS) is 15.0. The number of nitrogens with two attached hydrogens (primary N) is 1. The van der Waals surface area contributed by atoms with E-state index in [0.29, 0.717) is 33.2 Å². The van der Waals surface area contributed by atoms with Gasteiger partial charge in [0, 0.05) is 49.3 Å². The fourth-order valence-corrected chi connectivity index (χ4v) is 5.23. The third-order valence-electron chi connectivity index (χ3n) is 5.91. The van der Waals surface area contributed by atoms with Crippen LogP contribution in [0.2, 0.25) is 0 Å². The standard InChI is InChI=1S/C24H29FN6OS/c1-4-28-15-7-9-31(10-8-15)20-6-5-17(22(26)18(20)13-27-3)24(32)30-16-11-19(25)23-21(12-16)33-14(2)29-23/h5-6,11-13,15,28H,4,7-10,26H2,1-3H3,(H,30,32). The van der Waals surface area contributed by atoms with Crippen LogP contribution in [0.3, 0.4) is 0 Å². The number of carbonyl (C=O) groups excluding carboxylic acids is 1. The number of fused-ring (bicyclic) bond motifs is 1. The van der Waals surface area contributed by atoms with Crippen molar-refractivity contribution in [2.75, 3.05) is 42.6 Å². The number of anilines is 3. The fraction of sp³-hybridized carbons (Fsp3) is 0.375. The van der Waals surface area contributed by atoms with Crippen LogP contribution in [0.15, 0.2) is 29.3 Å². The molecule has 0 spiro atoms. The van der Waals surface area contributed by atoms with Gasteiger partial charge in [-0.1, -0.05) is 6.92 Å². The highest BCUT2D eigenvalue weighted by atomic mass is 32.1. The summed E-state index contributed by atoms with van der Waals surface area (Å²) in [6.45, 7) is 6.72. The minimum absolute atomic E-state index is 0.318. The average molecular weight is 469 g/mol. The molecule has 1 fully saturated rings. The van der Waals surface area contributed by atoms with Crippen LogP contribution in [0.4, 0.5) is 21.5 Å². The van der Waals surface area contributed by atoms with Crippen molar-refractivity contribution in [2.45, 2.75) is 32.7 Å². The summed E-state index contributed by atoms with van der Waals surface area (Å²) in [4.78, 5) is 23.7. The maximum absolute atomic E-state index is 14.4. The number of halogens is 1. The van der Waals surface area contributed by atoms with Gasteiger partial charge >= 0.3 is 0 Å². The minimum atomic E-state index is -0.463. The summed E-state index contributed by atoms with van der Waals surface area (Å²) in [5, 5.41) is 7.06. The number of nitrogens with one attached hydrogen (secondary N) is 2. The Morgan fingerprint density at radius 1 is 1.36 bits per heavy atom. The lowest BCUT2D eigenvalue weighted by Gasteiger charge is -2.35. The first-order chi connectivity index (χ1) is 15.9. The van der Waals surface area contributed by atoms with Crippen molar-refractivity contribution in [1.29, 1.82) is 0 Å². The van der Waals surface area contributed by atoms with Crippen molar-refractivity contribution in [2.24, 2.45) is 4.99 Å². The zero-order chi connectivity index (χ0) is 23.5. The smallest absolute Gasteiger partial charge is 0.257 e. The molecule has 0 atom stereocenters. The summed E-state index contributed by atoms with van der Waals surface area (Å²) < 4.78 is 15.1. The Morgan fingerprint density at radius 3 is 2.82 bits per heavy atom. The average Bonchev–Trinajstić information content (AvgIpc) is 3.17. The molecular formula is C24H29FN6OS. The van der Waals surface area contributed by atoms with Gasteiger partial charge in [0.2, 0.25) is 0 Å². The van der Waals surface area contributed by atoms with Gasteiger partial charge in [0.25, 0.3) is 5.91 Å². The molecule has 0 unspecified atom stereocenters. The number of hydrogen-bond donors (Lipinski definition) is 3. The van der Waals surface area contributed by atoms with E-state index in [1.165, 1.54) is 17.4 Å². The van der Waals surface area contributed by atoms with Crippen LogP contribution in [-0.4, -0.2) is 49.8 Å². The van der Waals surface area contributed by atoms with Crippen molar-refractivity contribution in [3.63, 3.8) is 0 Å². The highest BCUT2D eigenvalue weighted by Gasteiger charge is 2.23. The van der Waals surface area contributed by atoms with Crippen LogP contribution in [0.5, 0.6) is 0 Å².